The minimum absolute atomic E-state index is 0.0266. The van der Waals surface area contributed by atoms with Crippen molar-refractivity contribution in [2.45, 2.75) is 32.5 Å². The van der Waals surface area contributed by atoms with E-state index in [1.807, 2.05) is 30.3 Å². The number of rotatable bonds is 8. The molecule has 0 unspecified atom stereocenters. The lowest BCUT2D eigenvalue weighted by atomic mass is 10.0. The average Bonchev–Trinajstić information content (AvgIpc) is 3.17. The largest absolute Gasteiger partial charge is 0.497 e. The van der Waals surface area contributed by atoms with E-state index in [4.69, 9.17) is 32.7 Å². The van der Waals surface area contributed by atoms with Crippen LogP contribution in [0, 0.1) is 0 Å². The highest BCUT2D eigenvalue weighted by atomic mass is 35.5. The third kappa shape index (κ3) is 4.61. The second-order valence-corrected chi connectivity index (χ2v) is 7.78. The van der Waals surface area contributed by atoms with Gasteiger partial charge in [0.15, 0.2) is 5.60 Å². The van der Waals surface area contributed by atoms with Gasteiger partial charge in [-0.2, -0.15) is 5.10 Å². The van der Waals surface area contributed by atoms with E-state index in [1.165, 1.54) is 0 Å². The number of carbonyl (C=O) groups is 1. The predicted octanol–water partition coefficient (Wildman–Crippen LogP) is 5.62. The molecule has 3 rings (SSSR count). The first-order valence-corrected chi connectivity index (χ1v) is 10.1. The molecule has 8 heteroatoms. The highest BCUT2D eigenvalue weighted by molar-refractivity contribution is 6.34. The van der Waals surface area contributed by atoms with Gasteiger partial charge in [-0.1, -0.05) is 42.3 Å². The number of aromatic nitrogens is 2. The molecule has 6 nitrogen and oxygen atoms in total. The molecule has 1 aromatic heterocycles. The second-order valence-electron chi connectivity index (χ2n) is 6.94. The van der Waals surface area contributed by atoms with Crippen molar-refractivity contribution in [1.82, 2.24) is 9.78 Å². The van der Waals surface area contributed by atoms with Crippen molar-refractivity contribution >= 4 is 29.2 Å². The van der Waals surface area contributed by atoms with Crippen molar-refractivity contribution in [3.63, 3.8) is 0 Å². The molecule has 3 aromatic rings. The van der Waals surface area contributed by atoms with Gasteiger partial charge in [0.1, 0.15) is 5.75 Å². The van der Waals surface area contributed by atoms with Gasteiger partial charge in [0.05, 0.1) is 35.8 Å². The lowest BCUT2D eigenvalue weighted by Crippen LogP contribution is -2.37. The summed E-state index contributed by atoms with van der Waals surface area (Å²) in [7, 11) is 1.60. The molecular formula is C22H22Cl2N2O4. The Labute approximate surface area is 184 Å². The molecule has 0 saturated carbocycles. The molecule has 1 atom stereocenters. The predicted molar refractivity (Wildman–Crippen MR) is 117 cm³/mol. The fourth-order valence-electron chi connectivity index (χ4n) is 2.87. The number of aliphatic carboxylic acids is 1. The normalized spacial score (nSPS) is 13.1. The molecule has 0 fully saturated rings. The number of carboxylic acid groups (broad SMARTS) is 1. The van der Waals surface area contributed by atoms with E-state index in [1.54, 1.807) is 43.8 Å². The molecule has 0 aliphatic heterocycles. The summed E-state index contributed by atoms with van der Waals surface area (Å²) in [6.45, 7) is 3.34. The van der Waals surface area contributed by atoms with E-state index in [-0.39, 0.29) is 6.61 Å². The molecule has 0 amide bonds. The van der Waals surface area contributed by atoms with Crippen LogP contribution in [0.15, 0.2) is 48.5 Å². The summed E-state index contributed by atoms with van der Waals surface area (Å²) in [5, 5.41) is 15.1. The van der Waals surface area contributed by atoms with Crippen LogP contribution in [0.3, 0.4) is 0 Å². The summed E-state index contributed by atoms with van der Waals surface area (Å²) in [4.78, 5) is 11.5. The van der Waals surface area contributed by atoms with E-state index in [9.17, 15) is 9.90 Å². The molecule has 1 heterocycles. The maximum absolute atomic E-state index is 11.5. The Kier molecular flexibility index (Phi) is 6.71. The van der Waals surface area contributed by atoms with Crippen LogP contribution in [0.5, 0.6) is 5.75 Å². The summed E-state index contributed by atoms with van der Waals surface area (Å²) in [6.07, 6.45) is 0.325. The smallest absolute Gasteiger partial charge is 0.335 e. The number of methoxy groups -OCH3 is 1. The standard InChI is InChI=1S/C22H22Cl2N2O4/c1-4-22(2,21(27)28)30-13-16-12-19(14-6-5-7-17(10-14)29-3)26(25-16)20-11-15(23)8-9-18(20)24/h5-12H,4,13H2,1-3H3,(H,27,28)/t22-/m1/s1. The molecule has 0 spiro atoms. The van der Waals surface area contributed by atoms with E-state index in [0.29, 0.717) is 33.6 Å². The van der Waals surface area contributed by atoms with Gasteiger partial charge in [0.25, 0.3) is 0 Å². The molecule has 30 heavy (non-hydrogen) atoms. The maximum atomic E-state index is 11.5. The van der Waals surface area contributed by atoms with Crippen molar-refractivity contribution < 1.29 is 19.4 Å². The fourth-order valence-corrected chi connectivity index (χ4v) is 3.23. The summed E-state index contributed by atoms with van der Waals surface area (Å²) < 4.78 is 12.7. The summed E-state index contributed by atoms with van der Waals surface area (Å²) in [6, 6.07) is 14.5. The number of carboxylic acids is 1. The Morgan fingerprint density at radius 3 is 2.63 bits per heavy atom. The van der Waals surface area contributed by atoms with Gasteiger partial charge in [-0.05, 0) is 49.7 Å². The van der Waals surface area contributed by atoms with Gasteiger partial charge < -0.3 is 14.6 Å². The number of halogens is 2. The zero-order chi connectivity index (χ0) is 21.9. The van der Waals surface area contributed by atoms with E-state index in [0.717, 1.165) is 11.3 Å². The van der Waals surface area contributed by atoms with Crippen LogP contribution in [0.4, 0.5) is 0 Å². The van der Waals surface area contributed by atoms with Gasteiger partial charge in [0, 0.05) is 10.6 Å². The van der Waals surface area contributed by atoms with Gasteiger partial charge in [0.2, 0.25) is 0 Å². The minimum atomic E-state index is -1.30. The first-order chi connectivity index (χ1) is 14.3. The Bertz CT molecular complexity index is 1070. The monoisotopic (exact) mass is 448 g/mol. The molecule has 0 aliphatic rings. The highest BCUT2D eigenvalue weighted by Gasteiger charge is 2.32. The van der Waals surface area contributed by atoms with Crippen molar-refractivity contribution in [1.29, 1.82) is 0 Å². The second kappa shape index (κ2) is 9.08. The van der Waals surface area contributed by atoms with Gasteiger partial charge in [-0.15, -0.1) is 0 Å². The molecular weight excluding hydrogens is 427 g/mol. The van der Waals surface area contributed by atoms with Crippen molar-refractivity contribution in [3.05, 3.63) is 64.3 Å². The van der Waals surface area contributed by atoms with E-state index < -0.39 is 11.6 Å². The van der Waals surface area contributed by atoms with Crippen LogP contribution < -0.4 is 4.74 Å². The van der Waals surface area contributed by atoms with E-state index in [2.05, 4.69) is 5.10 Å². The topological polar surface area (TPSA) is 73.6 Å². The highest BCUT2D eigenvalue weighted by Crippen LogP contribution is 2.32. The maximum Gasteiger partial charge on any atom is 0.335 e. The Morgan fingerprint density at radius 1 is 1.20 bits per heavy atom. The lowest BCUT2D eigenvalue weighted by Gasteiger charge is -2.22. The molecule has 0 radical (unpaired) electrons. The zero-order valence-corrected chi connectivity index (χ0v) is 18.4. The Balaban J connectivity index is 2.08. The van der Waals surface area contributed by atoms with Crippen LogP contribution in [-0.4, -0.2) is 33.6 Å². The third-order valence-corrected chi connectivity index (χ3v) is 5.48. The lowest BCUT2D eigenvalue weighted by molar-refractivity contribution is -0.165. The van der Waals surface area contributed by atoms with Crippen LogP contribution in [0.1, 0.15) is 26.0 Å². The quantitative estimate of drug-likeness (QED) is 0.483. The molecule has 1 N–H and O–H groups in total. The van der Waals surface area contributed by atoms with Crippen molar-refractivity contribution in [2.24, 2.45) is 0 Å². The fraction of sp³-hybridized carbons (Fsp3) is 0.273. The third-order valence-electron chi connectivity index (χ3n) is 4.93. The molecule has 158 valence electrons. The van der Waals surface area contributed by atoms with Crippen LogP contribution in [0.25, 0.3) is 16.9 Å². The first-order valence-electron chi connectivity index (χ1n) is 9.33. The van der Waals surface area contributed by atoms with Crippen LogP contribution in [-0.2, 0) is 16.1 Å². The SMILES string of the molecule is CC[C@@](C)(OCc1cc(-c2cccc(OC)c2)n(-c2cc(Cl)ccc2Cl)n1)C(=O)O. The summed E-state index contributed by atoms with van der Waals surface area (Å²) in [5.74, 6) is -0.324. The number of nitrogens with zero attached hydrogens (tertiary/aromatic N) is 2. The average molecular weight is 449 g/mol. The number of hydrogen-bond donors (Lipinski definition) is 1. The number of benzene rings is 2. The Hall–Kier alpha value is -2.54. The van der Waals surface area contributed by atoms with Crippen LogP contribution >= 0.6 is 23.2 Å². The molecule has 0 saturated heterocycles. The first kappa shape index (κ1) is 22.2. The summed E-state index contributed by atoms with van der Waals surface area (Å²) >= 11 is 12.6. The van der Waals surface area contributed by atoms with Crippen molar-refractivity contribution in [2.75, 3.05) is 7.11 Å². The van der Waals surface area contributed by atoms with Gasteiger partial charge >= 0.3 is 5.97 Å². The Morgan fingerprint density at radius 2 is 1.97 bits per heavy atom. The zero-order valence-electron chi connectivity index (χ0n) is 16.9. The van der Waals surface area contributed by atoms with Gasteiger partial charge in [-0.3, -0.25) is 0 Å². The molecule has 0 bridgehead atoms. The number of hydrogen-bond acceptors (Lipinski definition) is 4. The van der Waals surface area contributed by atoms with Crippen LogP contribution in [0.2, 0.25) is 10.0 Å². The van der Waals surface area contributed by atoms with E-state index >= 15 is 0 Å². The number of ether oxygens (including phenoxy) is 2. The molecule has 2 aromatic carbocycles. The van der Waals surface area contributed by atoms with Gasteiger partial charge in [-0.25, -0.2) is 9.48 Å². The van der Waals surface area contributed by atoms with Crippen molar-refractivity contribution in [3.8, 4) is 22.7 Å². The minimum Gasteiger partial charge on any atom is -0.497 e. The molecule has 0 aliphatic carbocycles. The summed E-state index contributed by atoms with van der Waals surface area (Å²) in [5.41, 5.74) is 1.45.